The first-order valence-electron chi connectivity index (χ1n) is 6.58. The van der Waals surface area contributed by atoms with E-state index in [9.17, 15) is 0 Å². The standard InChI is InChI=1S/C17H13BrClNO/c18-14-7-5-12(6-8-14)11-21-17-9-13(10-19)15-3-1-2-4-16(15)20-17/h1-9H,10-11H2. The fraction of sp³-hybridized carbons (Fsp3) is 0.118. The number of benzene rings is 2. The van der Waals surface area contributed by atoms with Crippen LogP contribution in [0.3, 0.4) is 0 Å². The van der Waals surface area contributed by atoms with Gasteiger partial charge >= 0.3 is 0 Å². The SMILES string of the molecule is ClCc1cc(OCc2ccc(Br)cc2)nc2ccccc12. The van der Waals surface area contributed by atoms with Crippen molar-refractivity contribution in [2.45, 2.75) is 12.5 Å². The Bertz CT molecular complexity index is 758. The monoisotopic (exact) mass is 361 g/mol. The maximum absolute atomic E-state index is 6.02. The molecule has 0 radical (unpaired) electrons. The first kappa shape index (κ1) is 14.4. The molecule has 1 heterocycles. The molecule has 1 aromatic heterocycles. The molecule has 0 saturated heterocycles. The van der Waals surface area contributed by atoms with Crippen molar-refractivity contribution < 1.29 is 4.74 Å². The van der Waals surface area contributed by atoms with Gasteiger partial charge in [-0.15, -0.1) is 11.6 Å². The summed E-state index contributed by atoms with van der Waals surface area (Å²) in [4.78, 5) is 4.53. The first-order valence-corrected chi connectivity index (χ1v) is 7.91. The smallest absolute Gasteiger partial charge is 0.214 e. The highest BCUT2D eigenvalue weighted by Gasteiger charge is 2.06. The topological polar surface area (TPSA) is 22.1 Å². The van der Waals surface area contributed by atoms with Crippen LogP contribution in [0.1, 0.15) is 11.1 Å². The highest BCUT2D eigenvalue weighted by Crippen LogP contribution is 2.24. The molecule has 0 fully saturated rings. The van der Waals surface area contributed by atoms with Crippen LogP contribution in [0.5, 0.6) is 5.88 Å². The third kappa shape index (κ3) is 3.36. The lowest BCUT2D eigenvalue weighted by atomic mass is 10.1. The van der Waals surface area contributed by atoms with E-state index in [1.165, 1.54) is 0 Å². The Morgan fingerprint density at radius 1 is 1.05 bits per heavy atom. The van der Waals surface area contributed by atoms with Crippen molar-refractivity contribution in [2.75, 3.05) is 0 Å². The Labute approximate surface area is 136 Å². The van der Waals surface area contributed by atoms with Crippen LogP contribution in [0.25, 0.3) is 10.9 Å². The van der Waals surface area contributed by atoms with Gasteiger partial charge in [-0.2, -0.15) is 0 Å². The molecule has 3 rings (SSSR count). The van der Waals surface area contributed by atoms with Crippen LogP contribution >= 0.6 is 27.5 Å². The number of pyridine rings is 1. The highest BCUT2D eigenvalue weighted by atomic mass is 79.9. The number of fused-ring (bicyclic) bond motifs is 1. The normalized spacial score (nSPS) is 10.8. The Kier molecular flexibility index (Phi) is 4.42. The molecule has 21 heavy (non-hydrogen) atoms. The minimum absolute atomic E-state index is 0.442. The molecule has 0 atom stereocenters. The zero-order valence-corrected chi connectivity index (χ0v) is 13.6. The lowest BCUT2D eigenvalue weighted by Gasteiger charge is -2.09. The number of nitrogens with zero attached hydrogens (tertiary/aromatic N) is 1. The van der Waals surface area contributed by atoms with Crippen LogP contribution in [0.15, 0.2) is 59.1 Å². The summed E-state index contributed by atoms with van der Waals surface area (Å²) in [6.45, 7) is 0.486. The molecule has 0 unspecified atom stereocenters. The van der Waals surface area contributed by atoms with Crippen molar-refractivity contribution in [1.29, 1.82) is 0 Å². The van der Waals surface area contributed by atoms with Gasteiger partial charge in [-0.3, -0.25) is 0 Å². The van der Waals surface area contributed by atoms with Gasteiger partial charge in [0.2, 0.25) is 5.88 Å². The maximum atomic E-state index is 6.02. The molecule has 0 amide bonds. The van der Waals surface area contributed by atoms with E-state index in [-0.39, 0.29) is 0 Å². The number of alkyl halides is 1. The fourth-order valence-electron chi connectivity index (χ4n) is 2.14. The van der Waals surface area contributed by atoms with Crippen LogP contribution in [-0.4, -0.2) is 4.98 Å². The van der Waals surface area contributed by atoms with Crippen molar-refractivity contribution >= 4 is 38.4 Å². The molecule has 0 saturated carbocycles. The first-order chi connectivity index (χ1) is 10.3. The zero-order chi connectivity index (χ0) is 14.7. The number of hydrogen-bond acceptors (Lipinski definition) is 2. The quantitative estimate of drug-likeness (QED) is 0.586. The number of ether oxygens (including phenoxy) is 1. The minimum atomic E-state index is 0.442. The summed E-state index contributed by atoms with van der Waals surface area (Å²) >= 11 is 9.44. The van der Waals surface area contributed by atoms with Crippen molar-refractivity contribution in [3.63, 3.8) is 0 Å². The van der Waals surface area contributed by atoms with Crippen LogP contribution in [0, 0.1) is 0 Å². The summed E-state index contributed by atoms with van der Waals surface area (Å²) in [5, 5.41) is 1.07. The zero-order valence-electron chi connectivity index (χ0n) is 11.2. The average molecular weight is 363 g/mol. The van der Waals surface area contributed by atoms with Crippen LogP contribution in [-0.2, 0) is 12.5 Å². The summed E-state index contributed by atoms with van der Waals surface area (Å²) in [5.74, 6) is 1.05. The fourth-order valence-corrected chi connectivity index (χ4v) is 2.63. The third-order valence-electron chi connectivity index (χ3n) is 3.22. The van der Waals surface area contributed by atoms with E-state index in [2.05, 4.69) is 20.9 Å². The Balaban J connectivity index is 1.85. The van der Waals surface area contributed by atoms with Gasteiger partial charge in [0.25, 0.3) is 0 Å². The van der Waals surface area contributed by atoms with E-state index in [0.29, 0.717) is 18.4 Å². The molecule has 0 spiro atoms. The molecule has 2 aromatic carbocycles. The van der Waals surface area contributed by atoms with Gasteiger partial charge in [-0.1, -0.05) is 46.3 Å². The van der Waals surface area contributed by atoms with E-state index < -0.39 is 0 Å². The third-order valence-corrected chi connectivity index (χ3v) is 4.04. The van der Waals surface area contributed by atoms with Gasteiger partial charge < -0.3 is 4.74 Å². The predicted molar refractivity (Wildman–Crippen MR) is 89.8 cm³/mol. The predicted octanol–water partition coefficient (Wildman–Crippen LogP) is 5.32. The van der Waals surface area contributed by atoms with Crippen molar-refractivity contribution in [2.24, 2.45) is 0 Å². The van der Waals surface area contributed by atoms with Crippen molar-refractivity contribution in [3.05, 3.63) is 70.2 Å². The Morgan fingerprint density at radius 3 is 2.57 bits per heavy atom. The number of hydrogen-bond donors (Lipinski definition) is 0. The van der Waals surface area contributed by atoms with Gasteiger partial charge in [-0.25, -0.2) is 4.98 Å². The summed E-state index contributed by atoms with van der Waals surface area (Å²) in [5.41, 5.74) is 3.04. The van der Waals surface area contributed by atoms with Gasteiger partial charge in [0, 0.05) is 21.8 Å². The molecule has 3 aromatic rings. The van der Waals surface area contributed by atoms with Gasteiger partial charge in [0.1, 0.15) is 6.61 Å². The molecule has 0 aliphatic heterocycles. The molecule has 4 heteroatoms. The highest BCUT2D eigenvalue weighted by molar-refractivity contribution is 9.10. The van der Waals surface area contributed by atoms with Gasteiger partial charge in [-0.05, 0) is 29.3 Å². The van der Waals surface area contributed by atoms with Gasteiger partial charge in [0.15, 0.2) is 0 Å². The molecular weight excluding hydrogens is 350 g/mol. The molecule has 2 nitrogen and oxygen atoms in total. The van der Waals surface area contributed by atoms with E-state index in [1.807, 2.05) is 54.6 Å². The molecular formula is C17H13BrClNO. The van der Waals surface area contributed by atoms with E-state index >= 15 is 0 Å². The second-order valence-electron chi connectivity index (χ2n) is 4.69. The largest absolute Gasteiger partial charge is 0.473 e. The van der Waals surface area contributed by atoms with Gasteiger partial charge in [0.05, 0.1) is 5.52 Å². The van der Waals surface area contributed by atoms with Crippen LogP contribution in [0.4, 0.5) is 0 Å². The number of aromatic nitrogens is 1. The van der Waals surface area contributed by atoms with E-state index in [4.69, 9.17) is 16.3 Å². The summed E-state index contributed by atoms with van der Waals surface area (Å²) in [6, 6.07) is 17.9. The second kappa shape index (κ2) is 6.46. The Hall–Kier alpha value is -1.58. The molecule has 0 bridgehead atoms. The van der Waals surface area contributed by atoms with E-state index in [1.54, 1.807) is 0 Å². The number of halogens is 2. The molecule has 0 aliphatic rings. The minimum Gasteiger partial charge on any atom is -0.473 e. The number of rotatable bonds is 4. The van der Waals surface area contributed by atoms with E-state index in [0.717, 1.165) is 26.5 Å². The lowest BCUT2D eigenvalue weighted by molar-refractivity contribution is 0.295. The summed E-state index contributed by atoms with van der Waals surface area (Å²) < 4.78 is 6.85. The number of para-hydroxylation sites is 1. The lowest BCUT2D eigenvalue weighted by Crippen LogP contribution is -1.98. The van der Waals surface area contributed by atoms with Crippen molar-refractivity contribution in [3.8, 4) is 5.88 Å². The molecule has 0 aliphatic carbocycles. The average Bonchev–Trinajstić information content (AvgIpc) is 2.53. The maximum Gasteiger partial charge on any atom is 0.214 e. The Morgan fingerprint density at radius 2 is 1.81 bits per heavy atom. The summed E-state index contributed by atoms with van der Waals surface area (Å²) in [6.07, 6.45) is 0. The summed E-state index contributed by atoms with van der Waals surface area (Å²) in [7, 11) is 0. The molecule has 0 N–H and O–H groups in total. The second-order valence-corrected chi connectivity index (χ2v) is 5.87. The molecule has 106 valence electrons. The van der Waals surface area contributed by atoms with Crippen LogP contribution < -0.4 is 4.74 Å². The van der Waals surface area contributed by atoms with Crippen molar-refractivity contribution in [1.82, 2.24) is 4.98 Å². The van der Waals surface area contributed by atoms with Crippen LogP contribution in [0.2, 0.25) is 0 Å².